The van der Waals surface area contributed by atoms with Crippen molar-refractivity contribution in [1.82, 2.24) is 0 Å². The molecule has 0 radical (unpaired) electrons. The number of rotatable bonds is 6. The predicted molar refractivity (Wildman–Crippen MR) is 257 cm³/mol. The van der Waals surface area contributed by atoms with Gasteiger partial charge >= 0.3 is 0 Å². The Morgan fingerprint density at radius 3 is 1.13 bits per heavy atom. The van der Waals surface area contributed by atoms with Crippen LogP contribution >= 0.6 is 0 Å². The maximum absolute atomic E-state index is 2.40. The van der Waals surface area contributed by atoms with E-state index in [9.17, 15) is 0 Å². The summed E-state index contributed by atoms with van der Waals surface area (Å²) in [5.74, 6) is 0. The molecule has 288 valence electrons. The van der Waals surface area contributed by atoms with Crippen molar-refractivity contribution in [1.29, 1.82) is 0 Å². The van der Waals surface area contributed by atoms with E-state index in [2.05, 4.69) is 242 Å². The van der Waals surface area contributed by atoms with E-state index in [1.165, 1.54) is 77.2 Å². The van der Waals surface area contributed by atoms with E-state index in [1.54, 1.807) is 0 Å². The van der Waals surface area contributed by atoms with Crippen LogP contribution in [0.25, 0.3) is 43.8 Å². The Kier molecular flexibility index (Phi) is 7.92. The fourth-order valence-electron chi connectivity index (χ4n) is 10.7. The highest BCUT2D eigenvalue weighted by Crippen LogP contribution is 2.65. The molecular formula is C59H42N2. The molecule has 2 nitrogen and oxygen atoms in total. The number of hydrogen-bond donors (Lipinski definition) is 0. The molecule has 12 rings (SSSR count). The molecule has 0 saturated carbocycles. The van der Waals surface area contributed by atoms with Crippen molar-refractivity contribution >= 4 is 55.7 Å². The Hall–Kier alpha value is -7.68. The molecule has 0 N–H and O–H groups in total. The van der Waals surface area contributed by atoms with Crippen LogP contribution in [0.3, 0.4) is 0 Å². The summed E-state index contributed by atoms with van der Waals surface area (Å²) in [6.45, 7) is 4.33. The zero-order valence-corrected chi connectivity index (χ0v) is 34.2. The van der Waals surface area contributed by atoms with Gasteiger partial charge in [0.1, 0.15) is 0 Å². The van der Waals surface area contributed by atoms with Crippen molar-refractivity contribution in [3.05, 3.63) is 252 Å². The molecule has 2 heteroatoms. The van der Waals surface area contributed by atoms with Crippen molar-refractivity contribution in [2.75, 3.05) is 9.80 Å². The maximum Gasteiger partial charge on any atom is 0.0737 e. The average Bonchev–Trinajstić information content (AvgIpc) is 3.77. The minimum absolute atomic E-state index is 0.523. The molecule has 1 spiro atoms. The van der Waals surface area contributed by atoms with Gasteiger partial charge in [-0.15, -0.1) is 0 Å². The highest BCUT2D eigenvalue weighted by atomic mass is 15.1. The van der Waals surface area contributed by atoms with E-state index >= 15 is 0 Å². The summed E-state index contributed by atoms with van der Waals surface area (Å²) in [7, 11) is 0. The number of hydrogen-bond acceptors (Lipinski definition) is 2. The van der Waals surface area contributed by atoms with Crippen LogP contribution in [0.2, 0.25) is 0 Å². The highest BCUT2D eigenvalue weighted by molar-refractivity contribution is 6.10. The lowest BCUT2D eigenvalue weighted by Gasteiger charge is -2.33. The lowest BCUT2D eigenvalue weighted by atomic mass is 9.68. The van der Waals surface area contributed by atoms with E-state index in [0.717, 1.165) is 34.1 Å². The van der Waals surface area contributed by atoms with Crippen LogP contribution in [0.15, 0.2) is 218 Å². The molecular weight excluding hydrogens is 737 g/mol. The van der Waals surface area contributed by atoms with E-state index in [0.29, 0.717) is 0 Å². The third kappa shape index (κ3) is 5.29. The number of benzene rings is 10. The molecule has 0 bridgehead atoms. The molecule has 0 atom stereocenters. The van der Waals surface area contributed by atoms with Crippen LogP contribution in [0, 0.1) is 13.8 Å². The van der Waals surface area contributed by atoms with Gasteiger partial charge in [0.15, 0.2) is 0 Å². The summed E-state index contributed by atoms with van der Waals surface area (Å²) in [5.41, 5.74) is 19.4. The highest BCUT2D eigenvalue weighted by Gasteiger charge is 2.53. The first-order valence-electron chi connectivity index (χ1n) is 21.3. The molecule has 0 amide bonds. The van der Waals surface area contributed by atoms with Crippen molar-refractivity contribution in [2.24, 2.45) is 0 Å². The average molecular weight is 779 g/mol. The van der Waals surface area contributed by atoms with Crippen LogP contribution in [-0.4, -0.2) is 0 Å². The first kappa shape index (κ1) is 35.3. The van der Waals surface area contributed by atoms with Gasteiger partial charge in [0.2, 0.25) is 0 Å². The summed E-state index contributed by atoms with van der Waals surface area (Å²) in [6, 6.07) is 81.1. The summed E-state index contributed by atoms with van der Waals surface area (Å²) in [6.07, 6.45) is 0. The van der Waals surface area contributed by atoms with Crippen LogP contribution < -0.4 is 9.80 Å². The minimum Gasteiger partial charge on any atom is -0.310 e. The summed E-state index contributed by atoms with van der Waals surface area (Å²) >= 11 is 0. The van der Waals surface area contributed by atoms with Crippen molar-refractivity contribution in [3.63, 3.8) is 0 Å². The summed E-state index contributed by atoms with van der Waals surface area (Å²) < 4.78 is 0. The third-order valence-electron chi connectivity index (χ3n) is 13.1. The van der Waals surface area contributed by atoms with Crippen molar-refractivity contribution in [2.45, 2.75) is 19.3 Å². The van der Waals surface area contributed by atoms with Gasteiger partial charge in [-0.05, 0) is 164 Å². The number of aryl methyl sites for hydroxylation is 2. The molecule has 0 heterocycles. The predicted octanol–water partition coefficient (Wildman–Crippen LogP) is 15.9. The minimum atomic E-state index is -0.523. The Morgan fingerprint density at radius 1 is 0.295 bits per heavy atom. The van der Waals surface area contributed by atoms with Crippen LogP contribution in [-0.2, 0) is 5.41 Å². The second-order valence-electron chi connectivity index (χ2n) is 16.6. The zero-order valence-electron chi connectivity index (χ0n) is 34.2. The second-order valence-corrected chi connectivity index (χ2v) is 16.6. The van der Waals surface area contributed by atoms with Gasteiger partial charge in [0.05, 0.1) is 5.41 Å². The standard InChI is InChI=1S/C59H42N2/c1-39-15-13-21-45(35-39)60(43-17-5-3-6-18-43)47-29-33-49-41(37-47)27-31-53-54-32-28-42-38-48(61(44-19-7-4-8-20-44)46-22-14-16-40(2)36-46)30-34-50(42)58(54)59(57(49)53)55-25-11-9-23-51(55)52-24-10-12-26-56(52)59/h3-38H,1-2H3. The van der Waals surface area contributed by atoms with Crippen LogP contribution in [0.5, 0.6) is 0 Å². The molecule has 0 unspecified atom stereocenters. The Bertz CT molecular complexity index is 3120. The smallest absolute Gasteiger partial charge is 0.0737 e. The third-order valence-corrected chi connectivity index (χ3v) is 13.1. The van der Waals surface area contributed by atoms with Gasteiger partial charge in [-0.25, -0.2) is 0 Å². The van der Waals surface area contributed by atoms with Crippen LogP contribution in [0.4, 0.5) is 34.1 Å². The largest absolute Gasteiger partial charge is 0.310 e. The van der Waals surface area contributed by atoms with Gasteiger partial charge in [-0.1, -0.05) is 146 Å². The fourth-order valence-corrected chi connectivity index (χ4v) is 10.7. The van der Waals surface area contributed by atoms with Crippen molar-refractivity contribution in [3.8, 4) is 22.3 Å². The molecule has 61 heavy (non-hydrogen) atoms. The number of fused-ring (bicyclic) bond motifs is 14. The Morgan fingerprint density at radius 2 is 0.689 bits per heavy atom. The number of nitrogens with zero attached hydrogens (tertiary/aromatic N) is 2. The van der Waals surface area contributed by atoms with Gasteiger partial charge in [-0.3, -0.25) is 0 Å². The molecule has 10 aromatic rings. The van der Waals surface area contributed by atoms with Gasteiger partial charge < -0.3 is 9.80 Å². The topological polar surface area (TPSA) is 6.48 Å². The lowest BCUT2D eigenvalue weighted by Crippen LogP contribution is -2.26. The molecule has 2 aliphatic rings. The second kappa shape index (κ2) is 13.7. The SMILES string of the molecule is Cc1cccc(N(c2ccccc2)c2ccc3c4c(ccc3c2)-c2ccc3cc(N(c5ccccc5)c5cccc(C)c5)ccc3c2C42c3ccccc3-c3ccccc32)c1. The van der Waals surface area contributed by atoms with Crippen molar-refractivity contribution < 1.29 is 0 Å². The van der Waals surface area contributed by atoms with Gasteiger partial charge in [0, 0.05) is 34.1 Å². The first-order valence-corrected chi connectivity index (χ1v) is 21.3. The van der Waals surface area contributed by atoms with E-state index in [1.807, 2.05) is 0 Å². The van der Waals surface area contributed by atoms with Gasteiger partial charge in [0.25, 0.3) is 0 Å². The molecule has 0 fully saturated rings. The zero-order chi connectivity index (χ0) is 40.7. The maximum atomic E-state index is 2.40. The fraction of sp³-hybridized carbons (Fsp3) is 0.0508. The number of anilines is 6. The van der Waals surface area contributed by atoms with Crippen LogP contribution in [0.1, 0.15) is 33.4 Å². The van der Waals surface area contributed by atoms with E-state index < -0.39 is 5.41 Å². The molecule has 0 saturated heterocycles. The normalized spacial score (nSPS) is 12.9. The molecule has 0 aromatic heterocycles. The van der Waals surface area contributed by atoms with Gasteiger partial charge in [-0.2, -0.15) is 0 Å². The lowest BCUT2D eigenvalue weighted by molar-refractivity contribution is 0.809. The first-order chi connectivity index (χ1) is 30.1. The Balaban J connectivity index is 1.12. The van der Waals surface area contributed by atoms with E-state index in [-0.39, 0.29) is 0 Å². The number of para-hydroxylation sites is 2. The molecule has 2 aliphatic carbocycles. The quantitative estimate of drug-likeness (QED) is 0.166. The summed E-state index contributed by atoms with van der Waals surface area (Å²) in [4.78, 5) is 4.76. The molecule has 10 aromatic carbocycles. The Labute approximate surface area is 357 Å². The van der Waals surface area contributed by atoms with E-state index in [4.69, 9.17) is 0 Å². The summed E-state index contributed by atoms with van der Waals surface area (Å²) in [5, 5.41) is 5.01. The monoisotopic (exact) mass is 778 g/mol. The molecule has 0 aliphatic heterocycles.